The molecule has 0 saturated heterocycles. The van der Waals surface area contributed by atoms with Gasteiger partial charge in [-0.25, -0.2) is 0 Å². The van der Waals surface area contributed by atoms with Gasteiger partial charge >= 0.3 is 0 Å². The molecular weight excluding hydrogens is 285 g/mol. The first-order chi connectivity index (χ1) is 11.1. The van der Waals surface area contributed by atoms with Crippen molar-refractivity contribution in [3.63, 3.8) is 0 Å². The van der Waals surface area contributed by atoms with Crippen molar-refractivity contribution in [3.05, 3.63) is 54.6 Å². The largest absolute Gasteiger partial charge is 0.326 e. The zero-order valence-electron chi connectivity index (χ0n) is 12.3. The maximum absolute atomic E-state index is 11.8. The molecule has 0 aliphatic heterocycles. The van der Waals surface area contributed by atoms with Crippen LogP contribution >= 0.6 is 0 Å². The summed E-state index contributed by atoms with van der Waals surface area (Å²) in [6.45, 7) is 0. The summed E-state index contributed by atoms with van der Waals surface area (Å²) in [5.74, 6) is -0.398. The first-order valence-corrected chi connectivity index (χ1v) is 7.37. The van der Waals surface area contributed by atoms with Gasteiger partial charge in [-0.15, -0.1) is 0 Å². The van der Waals surface area contributed by atoms with Gasteiger partial charge in [-0.05, 0) is 44.5 Å². The van der Waals surface area contributed by atoms with Crippen molar-refractivity contribution in [1.82, 2.24) is 0 Å². The molecular formula is C19H12BNO2. The van der Waals surface area contributed by atoms with E-state index in [4.69, 9.17) is 7.85 Å². The molecule has 23 heavy (non-hydrogen) atoms. The van der Waals surface area contributed by atoms with Gasteiger partial charge in [0.2, 0.25) is 5.91 Å². The third kappa shape index (κ3) is 2.32. The third-order valence-electron chi connectivity index (χ3n) is 4.08. The molecule has 1 amide bonds. The van der Waals surface area contributed by atoms with Gasteiger partial charge in [-0.2, -0.15) is 0 Å². The van der Waals surface area contributed by atoms with E-state index >= 15 is 0 Å². The number of anilines is 1. The maximum atomic E-state index is 11.8. The Bertz CT molecular complexity index is 1010. The van der Waals surface area contributed by atoms with Crippen LogP contribution in [0.5, 0.6) is 0 Å². The Kier molecular flexibility index (Phi) is 3.05. The number of benzene rings is 4. The fraction of sp³-hybridized carbons (Fsp3) is 0.0526. The van der Waals surface area contributed by atoms with Crippen LogP contribution in [0.15, 0.2) is 54.6 Å². The highest BCUT2D eigenvalue weighted by Gasteiger charge is 2.10. The number of amides is 1. The van der Waals surface area contributed by atoms with Gasteiger partial charge in [0.25, 0.3) is 0 Å². The Labute approximate surface area is 134 Å². The third-order valence-corrected chi connectivity index (χ3v) is 4.08. The molecule has 4 rings (SSSR count). The van der Waals surface area contributed by atoms with Gasteiger partial charge in [-0.3, -0.25) is 4.79 Å². The van der Waals surface area contributed by atoms with E-state index in [2.05, 4.69) is 35.6 Å². The van der Waals surface area contributed by atoms with Crippen LogP contribution in [0.25, 0.3) is 32.3 Å². The van der Waals surface area contributed by atoms with Crippen LogP contribution in [0.4, 0.5) is 5.69 Å². The predicted molar refractivity (Wildman–Crippen MR) is 94.2 cm³/mol. The van der Waals surface area contributed by atoms with Gasteiger partial charge in [0.1, 0.15) is 0 Å². The summed E-state index contributed by atoms with van der Waals surface area (Å²) >= 11 is 0. The Morgan fingerprint density at radius 1 is 0.826 bits per heavy atom. The lowest BCUT2D eigenvalue weighted by Gasteiger charge is -2.13. The smallest absolute Gasteiger partial charge is 0.230 e. The lowest BCUT2D eigenvalue weighted by molar-refractivity contribution is -0.121. The second-order valence-corrected chi connectivity index (χ2v) is 5.70. The summed E-state index contributed by atoms with van der Waals surface area (Å²) in [6, 6.07) is 18.4. The highest BCUT2D eigenvalue weighted by molar-refractivity contribution is 6.59. The minimum absolute atomic E-state index is 0.314. The van der Waals surface area contributed by atoms with E-state index in [1.165, 1.54) is 21.5 Å². The second-order valence-electron chi connectivity index (χ2n) is 5.70. The molecule has 3 nitrogen and oxygen atoms in total. The van der Waals surface area contributed by atoms with Crippen molar-refractivity contribution in [3.8, 4) is 0 Å². The zero-order chi connectivity index (χ0) is 16.0. The molecule has 4 aromatic carbocycles. The number of carbonyl (C=O) groups is 2. The first kappa shape index (κ1) is 13.8. The summed E-state index contributed by atoms with van der Waals surface area (Å²) in [4.78, 5) is 22.6. The van der Waals surface area contributed by atoms with Crippen molar-refractivity contribution in [2.75, 3.05) is 5.32 Å². The highest BCUT2D eigenvalue weighted by Crippen LogP contribution is 2.36. The monoisotopic (exact) mass is 297 g/mol. The quantitative estimate of drug-likeness (QED) is 0.357. The van der Waals surface area contributed by atoms with Crippen LogP contribution < -0.4 is 5.32 Å². The number of nitrogens with one attached hydrogen (secondary N) is 1. The average molecular weight is 297 g/mol. The molecule has 4 aromatic rings. The first-order valence-electron chi connectivity index (χ1n) is 7.37. The van der Waals surface area contributed by atoms with Crippen molar-refractivity contribution >= 4 is 57.4 Å². The molecule has 0 aliphatic carbocycles. The summed E-state index contributed by atoms with van der Waals surface area (Å²) in [6.07, 6.45) is -0.314. The van der Waals surface area contributed by atoms with Crippen LogP contribution in [0.2, 0.25) is 0 Å². The van der Waals surface area contributed by atoms with Crippen molar-refractivity contribution in [2.45, 2.75) is 6.42 Å². The summed E-state index contributed by atoms with van der Waals surface area (Å²) in [5.41, 5.74) is 0.0299. The SMILES string of the molecule is [B]C(=O)CC(=O)Nc1cc2ccc3cccc4ccc(c1)c2c34. The number of hydrogen-bond donors (Lipinski definition) is 1. The van der Waals surface area contributed by atoms with Crippen LogP contribution in [-0.4, -0.2) is 19.4 Å². The Morgan fingerprint density at radius 2 is 1.35 bits per heavy atom. The molecule has 0 aromatic heterocycles. The molecule has 0 spiro atoms. The van der Waals surface area contributed by atoms with Crippen LogP contribution in [0.1, 0.15) is 6.42 Å². The number of rotatable bonds is 3. The molecule has 108 valence electrons. The average Bonchev–Trinajstić information content (AvgIpc) is 2.51. The van der Waals surface area contributed by atoms with Crippen molar-refractivity contribution < 1.29 is 9.59 Å². The Balaban J connectivity index is 1.90. The van der Waals surface area contributed by atoms with E-state index in [0.717, 1.165) is 10.8 Å². The molecule has 2 radical (unpaired) electrons. The van der Waals surface area contributed by atoms with Crippen molar-refractivity contribution in [2.24, 2.45) is 0 Å². The zero-order valence-corrected chi connectivity index (χ0v) is 12.3. The molecule has 0 heterocycles. The van der Waals surface area contributed by atoms with E-state index < -0.39 is 11.6 Å². The van der Waals surface area contributed by atoms with E-state index in [9.17, 15) is 9.59 Å². The minimum Gasteiger partial charge on any atom is -0.326 e. The molecule has 4 heteroatoms. The van der Waals surface area contributed by atoms with Gasteiger partial charge in [0, 0.05) is 5.69 Å². The van der Waals surface area contributed by atoms with E-state index in [1.54, 1.807) is 0 Å². The summed E-state index contributed by atoms with van der Waals surface area (Å²) in [7, 11) is 5.05. The van der Waals surface area contributed by atoms with E-state index in [0.29, 0.717) is 5.69 Å². The molecule has 0 bridgehead atoms. The Hall–Kier alpha value is -2.88. The molecule has 0 fully saturated rings. The van der Waals surface area contributed by atoms with Gasteiger partial charge in [0.15, 0.2) is 7.85 Å². The minimum atomic E-state index is -0.639. The Morgan fingerprint density at radius 3 is 1.91 bits per heavy atom. The van der Waals surface area contributed by atoms with Crippen molar-refractivity contribution in [1.29, 1.82) is 0 Å². The standard InChI is InChI=1S/C19H12BNO2/c20-16(22)10-17(23)21-15-8-13-6-4-11-2-1-3-12-5-7-14(9-15)19(13)18(11)12/h1-9H,10H2,(H,21,23). The normalized spacial score (nSPS) is 11.3. The molecule has 1 N–H and O–H groups in total. The highest BCUT2D eigenvalue weighted by atomic mass is 16.2. The number of carbonyl (C=O) groups excluding carboxylic acids is 2. The second kappa shape index (κ2) is 5.09. The summed E-state index contributed by atoms with van der Waals surface area (Å²) < 4.78 is 0. The van der Waals surface area contributed by atoms with Crippen LogP contribution in [-0.2, 0) is 9.59 Å². The molecule has 0 aliphatic rings. The van der Waals surface area contributed by atoms with Crippen LogP contribution in [0.3, 0.4) is 0 Å². The van der Waals surface area contributed by atoms with Gasteiger partial charge < -0.3 is 10.1 Å². The predicted octanol–water partition coefficient (Wildman–Crippen LogP) is 3.61. The lowest BCUT2D eigenvalue weighted by atomic mass is 9.94. The summed E-state index contributed by atoms with van der Waals surface area (Å²) in [5, 5.41) is 9.67. The molecule has 0 saturated carbocycles. The fourth-order valence-corrected chi connectivity index (χ4v) is 3.19. The molecule has 0 unspecified atom stereocenters. The number of hydrogen-bond acceptors (Lipinski definition) is 2. The fourth-order valence-electron chi connectivity index (χ4n) is 3.19. The maximum Gasteiger partial charge on any atom is 0.230 e. The van der Waals surface area contributed by atoms with E-state index in [-0.39, 0.29) is 6.42 Å². The van der Waals surface area contributed by atoms with E-state index in [1.807, 2.05) is 24.3 Å². The lowest BCUT2D eigenvalue weighted by Crippen LogP contribution is -2.16. The van der Waals surface area contributed by atoms with Crippen LogP contribution in [0, 0.1) is 0 Å². The van der Waals surface area contributed by atoms with Gasteiger partial charge in [0.05, 0.1) is 12.1 Å². The topological polar surface area (TPSA) is 46.2 Å². The molecule has 0 atom stereocenters. The van der Waals surface area contributed by atoms with Gasteiger partial charge in [-0.1, -0.05) is 42.5 Å².